The Labute approximate surface area is 173 Å². The third-order valence-electron chi connectivity index (χ3n) is 5.65. The van der Waals surface area contributed by atoms with Gasteiger partial charge in [-0.2, -0.15) is 0 Å². The summed E-state index contributed by atoms with van der Waals surface area (Å²) in [6.07, 6.45) is 11.4. The highest BCUT2D eigenvalue weighted by Crippen LogP contribution is 2.33. The topological polar surface area (TPSA) is 64.6 Å². The number of ether oxygens (including phenoxy) is 2. The minimum Gasteiger partial charge on any atom is -0.466 e. The summed E-state index contributed by atoms with van der Waals surface area (Å²) < 4.78 is 10.4. The van der Waals surface area contributed by atoms with E-state index in [4.69, 9.17) is 4.74 Å². The standard InChI is InChI=1S/C22H29NO4.ClH/c1-26-20(24)13-12-17-8-10-18(11-9-17)16-23-22(14-4-5-15-22)21(25)27-19-6-2-3-7-19;/h8-13,19,23H,2-7,14-16H2,1H3;1H/b13-12+;. The molecule has 2 aliphatic carbocycles. The van der Waals surface area contributed by atoms with Crippen molar-refractivity contribution in [3.05, 3.63) is 41.5 Å². The first-order valence-corrected chi connectivity index (χ1v) is 9.92. The Balaban J connectivity index is 0.00000280. The lowest BCUT2D eigenvalue weighted by molar-refractivity contribution is -0.157. The zero-order chi connectivity index (χ0) is 19.1. The van der Waals surface area contributed by atoms with Gasteiger partial charge < -0.3 is 9.47 Å². The second kappa shape index (κ2) is 10.6. The Kier molecular flexibility index (Phi) is 8.52. The smallest absolute Gasteiger partial charge is 0.330 e. The van der Waals surface area contributed by atoms with Crippen LogP contribution in [0.3, 0.4) is 0 Å². The van der Waals surface area contributed by atoms with Gasteiger partial charge in [-0.25, -0.2) is 4.79 Å². The van der Waals surface area contributed by atoms with Gasteiger partial charge in [0.1, 0.15) is 11.6 Å². The van der Waals surface area contributed by atoms with Crippen LogP contribution in [0, 0.1) is 0 Å². The quantitative estimate of drug-likeness (QED) is 0.542. The lowest BCUT2D eigenvalue weighted by Gasteiger charge is -2.29. The summed E-state index contributed by atoms with van der Waals surface area (Å²) >= 11 is 0. The fraction of sp³-hybridized carbons (Fsp3) is 0.545. The first-order valence-electron chi connectivity index (χ1n) is 9.92. The Hall–Kier alpha value is -1.85. The molecule has 0 heterocycles. The van der Waals surface area contributed by atoms with E-state index in [1.165, 1.54) is 13.2 Å². The molecule has 2 saturated carbocycles. The Morgan fingerprint density at radius 1 is 1.11 bits per heavy atom. The molecule has 154 valence electrons. The van der Waals surface area contributed by atoms with Crippen molar-refractivity contribution in [1.82, 2.24) is 5.32 Å². The van der Waals surface area contributed by atoms with Crippen molar-refractivity contribution >= 4 is 30.4 Å². The molecule has 5 nitrogen and oxygen atoms in total. The summed E-state index contributed by atoms with van der Waals surface area (Å²) in [5.41, 5.74) is 1.50. The normalized spacial score (nSPS) is 18.8. The summed E-state index contributed by atoms with van der Waals surface area (Å²) in [6, 6.07) is 7.92. The fourth-order valence-corrected chi connectivity index (χ4v) is 3.95. The van der Waals surface area contributed by atoms with E-state index in [1.54, 1.807) is 6.08 Å². The summed E-state index contributed by atoms with van der Waals surface area (Å²) in [5.74, 6) is -0.436. The third kappa shape index (κ3) is 5.82. The molecule has 1 aromatic rings. The molecule has 0 saturated heterocycles. The van der Waals surface area contributed by atoms with Crippen LogP contribution >= 0.6 is 12.4 Å². The Morgan fingerprint density at radius 3 is 2.36 bits per heavy atom. The number of esters is 2. The van der Waals surface area contributed by atoms with Gasteiger partial charge >= 0.3 is 11.9 Å². The van der Waals surface area contributed by atoms with Crippen LogP contribution in [0.25, 0.3) is 6.08 Å². The van der Waals surface area contributed by atoms with Gasteiger partial charge in [0.25, 0.3) is 0 Å². The van der Waals surface area contributed by atoms with Crippen LogP contribution in [0.1, 0.15) is 62.5 Å². The SMILES string of the molecule is COC(=O)/C=C/c1ccc(CNC2(C(=O)OC3CCCC3)CCCC2)cc1.Cl. The molecule has 2 fully saturated rings. The third-order valence-corrected chi connectivity index (χ3v) is 5.65. The van der Waals surface area contributed by atoms with Crippen molar-refractivity contribution in [3.8, 4) is 0 Å². The van der Waals surface area contributed by atoms with E-state index in [-0.39, 0.29) is 30.4 Å². The Morgan fingerprint density at radius 2 is 1.75 bits per heavy atom. The molecule has 0 spiro atoms. The molecule has 1 aromatic carbocycles. The summed E-state index contributed by atoms with van der Waals surface area (Å²) in [7, 11) is 1.36. The van der Waals surface area contributed by atoms with E-state index in [9.17, 15) is 9.59 Å². The fourth-order valence-electron chi connectivity index (χ4n) is 3.95. The van der Waals surface area contributed by atoms with Gasteiger partial charge in [-0.3, -0.25) is 10.1 Å². The minimum absolute atomic E-state index is 0. The van der Waals surface area contributed by atoms with Crippen LogP contribution in [0.4, 0.5) is 0 Å². The number of nitrogens with one attached hydrogen (secondary N) is 1. The summed E-state index contributed by atoms with van der Waals surface area (Å²) in [5, 5.41) is 3.50. The highest BCUT2D eigenvalue weighted by Gasteiger charge is 2.43. The van der Waals surface area contributed by atoms with Crippen LogP contribution in [0.5, 0.6) is 0 Å². The monoisotopic (exact) mass is 407 g/mol. The predicted octanol–water partition coefficient (Wildman–Crippen LogP) is 4.18. The summed E-state index contributed by atoms with van der Waals surface area (Å²) in [4.78, 5) is 24.0. The molecule has 28 heavy (non-hydrogen) atoms. The lowest BCUT2D eigenvalue weighted by Crippen LogP contribution is -2.51. The average molecular weight is 408 g/mol. The molecule has 0 aromatic heterocycles. The van der Waals surface area contributed by atoms with Gasteiger partial charge in [0.05, 0.1) is 7.11 Å². The molecule has 0 atom stereocenters. The van der Waals surface area contributed by atoms with E-state index in [0.717, 1.165) is 62.5 Å². The van der Waals surface area contributed by atoms with Gasteiger partial charge in [0.2, 0.25) is 0 Å². The van der Waals surface area contributed by atoms with Crippen molar-refractivity contribution in [2.75, 3.05) is 7.11 Å². The number of hydrogen-bond donors (Lipinski definition) is 1. The zero-order valence-corrected chi connectivity index (χ0v) is 17.3. The van der Waals surface area contributed by atoms with Crippen LogP contribution < -0.4 is 5.32 Å². The van der Waals surface area contributed by atoms with Crippen molar-refractivity contribution in [3.63, 3.8) is 0 Å². The minimum atomic E-state index is -0.536. The van der Waals surface area contributed by atoms with E-state index in [2.05, 4.69) is 10.1 Å². The molecule has 1 N–H and O–H groups in total. The van der Waals surface area contributed by atoms with Crippen LogP contribution in [0.15, 0.2) is 30.3 Å². The second-order valence-corrected chi connectivity index (χ2v) is 7.55. The number of benzene rings is 1. The van der Waals surface area contributed by atoms with E-state index in [1.807, 2.05) is 24.3 Å². The van der Waals surface area contributed by atoms with E-state index < -0.39 is 5.54 Å². The Bertz CT molecular complexity index is 674. The van der Waals surface area contributed by atoms with E-state index >= 15 is 0 Å². The van der Waals surface area contributed by atoms with Gasteiger partial charge in [-0.05, 0) is 55.7 Å². The van der Waals surface area contributed by atoms with Crippen LogP contribution in [0.2, 0.25) is 0 Å². The highest BCUT2D eigenvalue weighted by molar-refractivity contribution is 5.87. The van der Waals surface area contributed by atoms with Gasteiger partial charge in [0.15, 0.2) is 0 Å². The van der Waals surface area contributed by atoms with Gasteiger partial charge in [-0.15, -0.1) is 12.4 Å². The van der Waals surface area contributed by atoms with Crippen molar-refractivity contribution in [2.45, 2.75) is 69.6 Å². The molecule has 0 amide bonds. The first-order chi connectivity index (χ1) is 13.1. The molecular weight excluding hydrogens is 378 g/mol. The van der Waals surface area contributed by atoms with Gasteiger partial charge in [-0.1, -0.05) is 37.1 Å². The second-order valence-electron chi connectivity index (χ2n) is 7.55. The van der Waals surface area contributed by atoms with Crippen molar-refractivity contribution in [2.24, 2.45) is 0 Å². The molecule has 0 bridgehead atoms. The van der Waals surface area contributed by atoms with Crippen LogP contribution in [-0.2, 0) is 25.6 Å². The lowest BCUT2D eigenvalue weighted by atomic mass is 9.97. The highest BCUT2D eigenvalue weighted by atomic mass is 35.5. The largest absolute Gasteiger partial charge is 0.466 e. The first kappa shape index (κ1) is 22.4. The summed E-state index contributed by atoms with van der Waals surface area (Å²) in [6.45, 7) is 0.626. The average Bonchev–Trinajstić information content (AvgIpc) is 3.38. The number of methoxy groups -OCH3 is 1. The van der Waals surface area contributed by atoms with E-state index in [0.29, 0.717) is 6.54 Å². The number of halogens is 1. The molecule has 6 heteroatoms. The maximum Gasteiger partial charge on any atom is 0.330 e. The molecular formula is C22H30ClNO4. The maximum atomic E-state index is 12.8. The maximum absolute atomic E-state index is 12.8. The molecule has 0 aliphatic heterocycles. The van der Waals surface area contributed by atoms with Crippen LogP contribution in [-0.4, -0.2) is 30.7 Å². The molecule has 0 unspecified atom stereocenters. The number of rotatable bonds is 7. The van der Waals surface area contributed by atoms with Crippen molar-refractivity contribution in [1.29, 1.82) is 0 Å². The molecule has 0 radical (unpaired) electrons. The van der Waals surface area contributed by atoms with Gasteiger partial charge in [0, 0.05) is 12.6 Å². The number of hydrogen-bond acceptors (Lipinski definition) is 5. The molecule has 3 rings (SSSR count). The molecule has 2 aliphatic rings. The van der Waals surface area contributed by atoms with Crippen molar-refractivity contribution < 1.29 is 19.1 Å². The predicted molar refractivity (Wildman–Crippen MR) is 111 cm³/mol. The number of carbonyl (C=O) groups is 2. The number of carbonyl (C=O) groups excluding carboxylic acids is 2. The zero-order valence-electron chi connectivity index (χ0n) is 16.4.